The number of hydrogen-bond donors (Lipinski definition) is 1. The summed E-state index contributed by atoms with van der Waals surface area (Å²) in [7, 11) is -3.48. The molecule has 1 atom stereocenters. The largest absolute Gasteiger partial charge is 0.481 e. The van der Waals surface area contributed by atoms with Crippen molar-refractivity contribution in [3.05, 3.63) is 53.6 Å². The minimum atomic E-state index is -3.48. The standard InChI is InChI=1S/C20H23ClN2O4S/c1-15(27-18-9-5-16(21)6-10-18)20(24)22-17-7-11-19(12-8-17)28(25,26)23-13-3-2-4-14-23/h5-12,15H,2-4,13-14H2,1H3,(H,22,24). The van der Waals surface area contributed by atoms with E-state index in [-0.39, 0.29) is 10.8 Å². The summed E-state index contributed by atoms with van der Waals surface area (Å²) in [5.74, 6) is 0.205. The molecule has 1 N–H and O–H groups in total. The van der Waals surface area contributed by atoms with Crippen molar-refractivity contribution in [1.29, 1.82) is 0 Å². The van der Waals surface area contributed by atoms with Gasteiger partial charge in [0.25, 0.3) is 5.91 Å². The highest BCUT2D eigenvalue weighted by atomic mass is 35.5. The van der Waals surface area contributed by atoms with Gasteiger partial charge in [-0.3, -0.25) is 4.79 Å². The molecule has 28 heavy (non-hydrogen) atoms. The summed E-state index contributed by atoms with van der Waals surface area (Å²) < 4.78 is 32.4. The molecule has 0 spiro atoms. The Morgan fingerprint density at radius 2 is 1.64 bits per heavy atom. The average Bonchev–Trinajstić information content (AvgIpc) is 2.70. The van der Waals surface area contributed by atoms with Gasteiger partial charge in [0.1, 0.15) is 5.75 Å². The lowest BCUT2D eigenvalue weighted by Gasteiger charge is -2.25. The number of benzene rings is 2. The van der Waals surface area contributed by atoms with Gasteiger partial charge in [-0.05, 0) is 68.3 Å². The predicted molar refractivity (Wildman–Crippen MR) is 109 cm³/mol. The molecule has 1 fully saturated rings. The van der Waals surface area contributed by atoms with Crippen LogP contribution in [0.3, 0.4) is 0 Å². The van der Waals surface area contributed by atoms with Crippen molar-refractivity contribution < 1.29 is 17.9 Å². The van der Waals surface area contributed by atoms with Crippen LogP contribution in [0, 0.1) is 0 Å². The van der Waals surface area contributed by atoms with E-state index in [9.17, 15) is 13.2 Å². The molecule has 0 aromatic heterocycles. The first kappa shape index (κ1) is 20.6. The molecule has 1 heterocycles. The fourth-order valence-corrected chi connectivity index (χ4v) is 4.62. The van der Waals surface area contributed by atoms with Gasteiger partial charge < -0.3 is 10.1 Å². The van der Waals surface area contributed by atoms with E-state index < -0.39 is 16.1 Å². The number of hydrogen-bond acceptors (Lipinski definition) is 4. The van der Waals surface area contributed by atoms with E-state index >= 15 is 0 Å². The number of amides is 1. The first-order valence-electron chi connectivity index (χ1n) is 9.19. The average molecular weight is 423 g/mol. The second-order valence-electron chi connectivity index (χ2n) is 6.69. The van der Waals surface area contributed by atoms with E-state index in [2.05, 4.69) is 5.32 Å². The molecular weight excluding hydrogens is 400 g/mol. The number of carbonyl (C=O) groups excluding carboxylic acids is 1. The minimum Gasteiger partial charge on any atom is -0.481 e. The summed E-state index contributed by atoms with van der Waals surface area (Å²) in [5.41, 5.74) is 0.508. The molecule has 1 aliphatic rings. The van der Waals surface area contributed by atoms with Crippen LogP contribution in [0.2, 0.25) is 5.02 Å². The number of halogens is 1. The number of carbonyl (C=O) groups is 1. The van der Waals surface area contributed by atoms with Crippen LogP contribution in [-0.4, -0.2) is 37.8 Å². The molecule has 150 valence electrons. The summed E-state index contributed by atoms with van der Waals surface area (Å²) >= 11 is 5.83. The molecule has 3 rings (SSSR count). The Morgan fingerprint density at radius 1 is 1.04 bits per heavy atom. The van der Waals surface area contributed by atoms with Crippen molar-refractivity contribution in [2.75, 3.05) is 18.4 Å². The summed E-state index contributed by atoms with van der Waals surface area (Å²) in [6.07, 6.45) is 2.11. The van der Waals surface area contributed by atoms with Gasteiger partial charge in [0.05, 0.1) is 4.90 Å². The Labute approximate surface area is 170 Å². The highest BCUT2D eigenvalue weighted by Crippen LogP contribution is 2.22. The van der Waals surface area contributed by atoms with Gasteiger partial charge in [-0.25, -0.2) is 8.42 Å². The maximum Gasteiger partial charge on any atom is 0.265 e. The minimum absolute atomic E-state index is 0.234. The van der Waals surface area contributed by atoms with E-state index in [0.717, 1.165) is 19.3 Å². The molecule has 1 aliphatic heterocycles. The van der Waals surface area contributed by atoms with Gasteiger partial charge in [-0.15, -0.1) is 0 Å². The molecule has 2 aromatic carbocycles. The molecular formula is C20H23ClN2O4S. The third-order valence-electron chi connectivity index (χ3n) is 4.57. The number of rotatable bonds is 6. The van der Waals surface area contributed by atoms with Crippen LogP contribution in [0.25, 0.3) is 0 Å². The van der Waals surface area contributed by atoms with Crippen LogP contribution < -0.4 is 10.1 Å². The topological polar surface area (TPSA) is 75.7 Å². The molecule has 8 heteroatoms. The Bertz CT molecular complexity index is 908. The fourth-order valence-electron chi connectivity index (χ4n) is 2.98. The van der Waals surface area contributed by atoms with E-state index in [4.69, 9.17) is 16.3 Å². The second kappa shape index (κ2) is 8.94. The molecule has 0 radical (unpaired) electrons. The molecule has 1 amide bonds. The van der Waals surface area contributed by atoms with Gasteiger partial charge in [-0.1, -0.05) is 18.0 Å². The van der Waals surface area contributed by atoms with Crippen molar-refractivity contribution >= 4 is 33.2 Å². The maximum absolute atomic E-state index is 12.7. The van der Waals surface area contributed by atoms with Crippen LogP contribution in [0.1, 0.15) is 26.2 Å². The highest BCUT2D eigenvalue weighted by molar-refractivity contribution is 7.89. The Balaban J connectivity index is 1.61. The van der Waals surface area contributed by atoms with Crippen LogP contribution in [0.15, 0.2) is 53.4 Å². The Morgan fingerprint density at radius 3 is 2.25 bits per heavy atom. The second-order valence-corrected chi connectivity index (χ2v) is 9.07. The van der Waals surface area contributed by atoms with Crippen LogP contribution in [-0.2, 0) is 14.8 Å². The zero-order valence-electron chi connectivity index (χ0n) is 15.6. The molecule has 0 saturated carbocycles. The van der Waals surface area contributed by atoms with Gasteiger partial charge in [0.2, 0.25) is 10.0 Å². The van der Waals surface area contributed by atoms with Crippen LogP contribution >= 0.6 is 11.6 Å². The first-order chi connectivity index (χ1) is 13.4. The zero-order valence-corrected chi connectivity index (χ0v) is 17.2. The van der Waals surface area contributed by atoms with Crippen molar-refractivity contribution in [2.24, 2.45) is 0 Å². The number of sulfonamides is 1. The van der Waals surface area contributed by atoms with Gasteiger partial charge in [0, 0.05) is 23.8 Å². The lowest BCUT2D eigenvalue weighted by Crippen LogP contribution is -2.35. The predicted octanol–water partition coefficient (Wildman–Crippen LogP) is 3.92. The summed E-state index contributed by atoms with van der Waals surface area (Å²) in [6, 6.07) is 13.0. The van der Waals surface area contributed by atoms with Crippen molar-refractivity contribution in [1.82, 2.24) is 4.31 Å². The highest BCUT2D eigenvalue weighted by Gasteiger charge is 2.25. The zero-order chi connectivity index (χ0) is 20.1. The van der Waals surface area contributed by atoms with Crippen molar-refractivity contribution in [2.45, 2.75) is 37.2 Å². The quantitative estimate of drug-likeness (QED) is 0.765. The lowest BCUT2D eigenvalue weighted by molar-refractivity contribution is -0.122. The maximum atomic E-state index is 12.7. The van der Waals surface area contributed by atoms with Crippen molar-refractivity contribution in [3.8, 4) is 5.75 Å². The smallest absolute Gasteiger partial charge is 0.265 e. The third-order valence-corrected chi connectivity index (χ3v) is 6.74. The Hall–Kier alpha value is -2.09. The molecule has 2 aromatic rings. The Kier molecular flexibility index (Phi) is 6.59. The van der Waals surface area contributed by atoms with Crippen LogP contribution in [0.4, 0.5) is 5.69 Å². The van der Waals surface area contributed by atoms with E-state index in [0.29, 0.717) is 29.5 Å². The fraction of sp³-hybridized carbons (Fsp3) is 0.350. The summed E-state index contributed by atoms with van der Waals surface area (Å²) in [4.78, 5) is 12.6. The molecule has 6 nitrogen and oxygen atoms in total. The number of nitrogens with one attached hydrogen (secondary N) is 1. The molecule has 0 aliphatic carbocycles. The van der Waals surface area contributed by atoms with Gasteiger partial charge >= 0.3 is 0 Å². The molecule has 0 bridgehead atoms. The molecule has 1 saturated heterocycles. The van der Waals surface area contributed by atoms with E-state index in [1.807, 2.05) is 0 Å². The number of piperidine rings is 1. The monoisotopic (exact) mass is 422 g/mol. The van der Waals surface area contributed by atoms with Gasteiger partial charge in [0.15, 0.2) is 6.10 Å². The normalized spacial score (nSPS) is 16.4. The lowest BCUT2D eigenvalue weighted by atomic mass is 10.2. The third kappa shape index (κ3) is 5.04. The van der Waals surface area contributed by atoms with E-state index in [1.165, 1.54) is 16.4 Å². The summed E-state index contributed by atoms with van der Waals surface area (Å²) in [5, 5.41) is 3.32. The first-order valence-corrected chi connectivity index (χ1v) is 11.0. The SMILES string of the molecule is CC(Oc1ccc(Cl)cc1)C(=O)Nc1ccc(S(=O)(=O)N2CCCCC2)cc1. The number of nitrogens with zero attached hydrogens (tertiary/aromatic N) is 1. The number of anilines is 1. The van der Waals surface area contributed by atoms with E-state index in [1.54, 1.807) is 43.3 Å². The molecule has 1 unspecified atom stereocenters. The number of ether oxygens (including phenoxy) is 1. The summed E-state index contributed by atoms with van der Waals surface area (Å²) in [6.45, 7) is 2.75. The van der Waals surface area contributed by atoms with Gasteiger partial charge in [-0.2, -0.15) is 4.31 Å². The van der Waals surface area contributed by atoms with Crippen molar-refractivity contribution in [3.63, 3.8) is 0 Å². The van der Waals surface area contributed by atoms with Crippen LogP contribution in [0.5, 0.6) is 5.75 Å².